The highest BCUT2D eigenvalue weighted by atomic mass is 16.5. The molecule has 3 atom stereocenters. The van der Waals surface area contributed by atoms with Crippen LogP contribution >= 0.6 is 0 Å². The molecule has 0 amide bonds. The van der Waals surface area contributed by atoms with Crippen molar-refractivity contribution in [2.45, 2.75) is 49.9 Å². The van der Waals surface area contributed by atoms with Gasteiger partial charge >= 0.3 is 0 Å². The van der Waals surface area contributed by atoms with Crippen molar-refractivity contribution in [3.63, 3.8) is 0 Å². The van der Waals surface area contributed by atoms with Gasteiger partial charge < -0.3 is 14.6 Å². The lowest BCUT2D eigenvalue weighted by molar-refractivity contribution is -0.0796. The third kappa shape index (κ3) is 2.02. The Morgan fingerprint density at radius 1 is 1.33 bits per heavy atom. The zero-order chi connectivity index (χ0) is 12.6. The lowest BCUT2D eigenvalue weighted by Gasteiger charge is -2.45. The van der Waals surface area contributed by atoms with Gasteiger partial charge in [-0.25, -0.2) is 0 Å². The Morgan fingerprint density at radius 3 is 3.00 bits per heavy atom. The summed E-state index contributed by atoms with van der Waals surface area (Å²) in [6.07, 6.45) is 4.63. The molecule has 1 N–H and O–H groups in total. The predicted octanol–water partition coefficient (Wildman–Crippen LogP) is 2.83. The number of hydrogen-bond acceptors (Lipinski definition) is 3. The minimum absolute atomic E-state index is 0.229. The molecule has 2 unspecified atom stereocenters. The first-order valence-corrected chi connectivity index (χ1v) is 6.71. The number of fused-ring (bicyclic) bond motifs is 1. The fourth-order valence-electron chi connectivity index (χ4n) is 3.34. The molecule has 3 heteroatoms. The molecule has 3 nitrogen and oxygen atoms in total. The number of hydrogen-bond donors (Lipinski definition) is 1. The Kier molecular flexibility index (Phi) is 3.04. The Bertz CT molecular complexity index is 432. The molecule has 98 valence electrons. The van der Waals surface area contributed by atoms with Crippen LogP contribution in [-0.2, 0) is 4.74 Å². The quantitative estimate of drug-likeness (QED) is 0.830. The van der Waals surface area contributed by atoms with Gasteiger partial charge in [-0.2, -0.15) is 0 Å². The number of aliphatic hydroxyl groups is 1. The number of para-hydroxylation sites is 1. The van der Waals surface area contributed by atoms with E-state index in [1.54, 1.807) is 7.11 Å². The summed E-state index contributed by atoms with van der Waals surface area (Å²) in [6, 6.07) is 7.81. The van der Waals surface area contributed by atoms with E-state index in [2.05, 4.69) is 0 Å². The highest BCUT2D eigenvalue weighted by Crippen LogP contribution is 2.46. The van der Waals surface area contributed by atoms with Crippen LogP contribution in [0.1, 0.15) is 43.8 Å². The molecule has 1 aliphatic carbocycles. The summed E-state index contributed by atoms with van der Waals surface area (Å²) in [5.74, 6) is 0.841. The van der Waals surface area contributed by atoms with Crippen LogP contribution in [0.25, 0.3) is 0 Å². The highest BCUT2D eigenvalue weighted by Gasteiger charge is 2.44. The number of rotatable bonds is 1. The van der Waals surface area contributed by atoms with Gasteiger partial charge in [0.15, 0.2) is 0 Å². The van der Waals surface area contributed by atoms with Crippen LogP contribution < -0.4 is 4.74 Å². The van der Waals surface area contributed by atoms with Crippen molar-refractivity contribution in [1.82, 2.24) is 0 Å². The smallest absolute Gasteiger partial charge is 0.125 e. The van der Waals surface area contributed by atoms with Crippen molar-refractivity contribution in [3.05, 3.63) is 29.8 Å². The average molecular weight is 248 g/mol. The van der Waals surface area contributed by atoms with E-state index >= 15 is 0 Å². The van der Waals surface area contributed by atoms with Gasteiger partial charge in [0.05, 0.1) is 12.2 Å². The zero-order valence-corrected chi connectivity index (χ0v) is 10.8. The summed E-state index contributed by atoms with van der Waals surface area (Å²) < 4.78 is 11.7. The van der Waals surface area contributed by atoms with E-state index in [9.17, 15) is 5.11 Å². The number of aliphatic hydroxyl groups excluding tert-OH is 1. The van der Waals surface area contributed by atoms with Gasteiger partial charge in [0, 0.05) is 25.5 Å². The maximum Gasteiger partial charge on any atom is 0.125 e. The monoisotopic (exact) mass is 248 g/mol. The second-order valence-corrected chi connectivity index (χ2v) is 5.50. The van der Waals surface area contributed by atoms with Gasteiger partial charge in [-0.15, -0.1) is 0 Å². The van der Waals surface area contributed by atoms with Crippen LogP contribution in [0.4, 0.5) is 0 Å². The van der Waals surface area contributed by atoms with Crippen molar-refractivity contribution >= 4 is 0 Å². The van der Waals surface area contributed by atoms with E-state index < -0.39 is 6.10 Å². The summed E-state index contributed by atoms with van der Waals surface area (Å²) in [5, 5.41) is 10.3. The Morgan fingerprint density at radius 2 is 2.17 bits per heavy atom. The van der Waals surface area contributed by atoms with E-state index in [0.717, 1.165) is 37.0 Å². The van der Waals surface area contributed by atoms with Crippen molar-refractivity contribution in [3.8, 4) is 5.75 Å². The van der Waals surface area contributed by atoms with E-state index in [1.807, 2.05) is 24.3 Å². The van der Waals surface area contributed by atoms with Gasteiger partial charge in [0.2, 0.25) is 0 Å². The second-order valence-electron chi connectivity index (χ2n) is 5.50. The summed E-state index contributed by atoms with van der Waals surface area (Å²) in [7, 11) is 1.76. The third-order valence-corrected chi connectivity index (χ3v) is 4.26. The fraction of sp³-hybridized carbons (Fsp3) is 0.600. The van der Waals surface area contributed by atoms with Gasteiger partial charge in [-0.1, -0.05) is 18.2 Å². The van der Waals surface area contributed by atoms with Crippen LogP contribution in [0, 0.1) is 0 Å². The van der Waals surface area contributed by atoms with Crippen LogP contribution in [0.15, 0.2) is 24.3 Å². The molecule has 18 heavy (non-hydrogen) atoms. The first-order chi connectivity index (χ1) is 8.72. The summed E-state index contributed by atoms with van der Waals surface area (Å²) in [4.78, 5) is 0. The molecule has 1 aliphatic heterocycles. The van der Waals surface area contributed by atoms with Crippen LogP contribution in [0.5, 0.6) is 5.75 Å². The van der Waals surface area contributed by atoms with E-state index in [0.29, 0.717) is 6.42 Å². The van der Waals surface area contributed by atoms with E-state index in [1.165, 1.54) is 0 Å². The van der Waals surface area contributed by atoms with Crippen molar-refractivity contribution < 1.29 is 14.6 Å². The average Bonchev–Trinajstić information content (AvgIpc) is 2.38. The van der Waals surface area contributed by atoms with Gasteiger partial charge in [-0.05, 0) is 25.3 Å². The van der Waals surface area contributed by atoms with Gasteiger partial charge in [0.1, 0.15) is 11.4 Å². The summed E-state index contributed by atoms with van der Waals surface area (Å²) in [6.45, 7) is 0. The Labute approximate surface area is 108 Å². The molecule has 1 saturated carbocycles. The third-order valence-electron chi connectivity index (χ3n) is 4.26. The second kappa shape index (κ2) is 4.56. The van der Waals surface area contributed by atoms with E-state index in [4.69, 9.17) is 9.47 Å². The number of methoxy groups -OCH3 is 1. The van der Waals surface area contributed by atoms with Crippen molar-refractivity contribution in [2.24, 2.45) is 0 Å². The van der Waals surface area contributed by atoms with Crippen LogP contribution in [0.3, 0.4) is 0 Å². The zero-order valence-electron chi connectivity index (χ0n) is 10.8. The SMILES string of the molecule is COC1CCCC2(C1)C[C@H](O)c1ccccc1O2. The first kappa shape index (κ1) is 12.0. The molecule has 3 rings (SSSR count). The predicted molar refractivity (Wildman–Crippen MR) is 68.6 cm³/mol. The van der Waals surface area contributed by atoms with Crippen LogP contribution in [-0.4, -0.2) is 23.9 Å². The maximum absolute atomic E-state index is 10.3. The van der Waals surface area contributed by atoms with Gasteiger partial charge in [0.25, 0.3) is 0 Å². The molecule has 2 aliphatic rings. The Balaban J connectivity index is 1.88. The molecular weight excluding hydrogens is 228 g/mol. The normalized spacial score (nSPS) is 35.0. The molecule has 0 aromatic heterocycles. The van der Waals surface area contributed by atoms with Crippen molar-refractivity contribution in [1.29, 1.82) is 0 Å². The number of benzene rings is 1. The number of ether oxygens (including phenoxy) is 2. The molecule has 1 heterocycles. The topological polar surface area (TPSA) is 38.7 Å². The first-order valence-electron chi connectivity index (χ1n) is 6.71. The minimum Gasteiger partial charge on any atom is -0.487 e. The van der Waals surface area contributed by atoms with Gasteiger partial charge in [-0.3, -0.25) is 0 Å². The molecule has 1 spiro atoms. The molecule has 1 aromatic carbocycles. The highest BCUT2D eigenvalue weighted by molar-refractivity contribution is 5.38. The molecule has 0 radical (unpaired) electrons. The molecule has 1 aromatic rings. The lowest BCUT2D eigenvalue weighted by Crippen LogP contribution is -2.46. The van der Waals surface area contributed by atoms with Crippen molar-refractivity contribution in [2.75, 3.05) is 7.11 Å². The molecular formula is C15H20O3. The van der Waals surface area contributed by atoms with Crippen LogP contribution in [0.2, 0.25) is 0 Å². The lowest BCUT2D eigenvalue weighted by atomic mass is 9.76. The molecule has 0 saturated heterocycles. The summed E-state index contributed by atoms with van der Waals surface area (Å²) in [5.41, 5.74) is 0.690. The summed E-state index contributed by atoms with van der Waals surface area (Å²) >= 11 is 0. The van der Waals surface area contributed by atoms with E-state index in [-0.39, 0.29) is 11.7 Å². The maximum atomic E-state index is 10.3. The minimum atomic E-state index is -0.412. The molecule has 1 fully saturated rings. The Hall–Kier alpha value is -1.06. The standard InChI is InChI=1S/C15H20O3/c1-17-11-5-4-8-15(9-11)10-13(16)12-6-2-3-7-14(12)18-15/h2-3,6-7,11,13,16H,4-5,8-10H2,1H3/t11?,13-,15?/m0/s1. The largest absolute Gasteiger partial charge is 0.487 e. The molecule has 0 bridgehead atoms. The fourth-order valence-corrected chi connectivity index (χ4v) is 3.34.